The van der Waals surface area contributed by atoms with Gasteiger partial charge in [-0.2, -0.15) is 0 Å². The van der Waals surface area contributed by atoms with Crippen LogP contribution in [0.3, 0.4) is 0 Å². The van der Waals surface area contributed by atoms with Gasteiger partial charge in [-0.3, -0.25) is 0 Å². The maximum Gasteiger partial charge on any atom is 0.489 e. The second-order valence-corrected chi connectivity index (χ2v) is 1.20. The Morgan fingerprint density at radius 3 is 2.67 bits per heavy atom. The summed E-state index contributed by atoms with van der Waals surface area (Å²) in [4.78, 5) is 0. The molecule has 0 amide bonds. The summed E-state index contributed by atoms with van der Waals surface area (Å²) in [6.45, 7) is 2.49. The topological polar surface area (TPSA) is 26.3 Å². The molecule has 0 rings (SSSR count). The summed E-state index contributed by atoms with van der Waals surface area (Å²) in [5.41, 5.74) is 0. The largest absolute Gasteiger partial charge is 0.489 e. The van der Waals surface area contributed by atoms with E-state index in [0.717, 1.165) is 0 Å². The van der Waals surface area contributed by atoms with Crippen molar-refractivity contribution in [2.24, 2.45) is 0 Å². The number of ether oxygens (including phenoxy) is 1. The van der Waals surface area contributed by atoms with Crippen molar-refractivity contribution in [2.45, 2.75) is 6.92 Å². The van der Waals surface area contributed by atoms with Gasteiger partial charge in [0.05, 0.1) is 0 Å². The van der Waals surface area contributed by atoms with Gasteiger partial charge in [0, 0.05) is 10.8 Å². The van der Waals surface area contributed by atoms with Gasteiger partial charge in [0.15, 0.2) is 0 Å². The van der Waals surface area contributed by atoms with Gasteiger partial charge in [0.1, 0.15) is 0 Å². The molecule has 0 saturated carbocycles. The molecule has 0 N–H and O–H groups in total. The number of rotatable bonds is 3. The molecule has 2 nitrogen and oxygen atoms in total. The Morgan fingerprint density at radius 1 is 1.83 bits per heavy atom. The molecule has 0 aliphatic heterocycles. The molecule has 0 atom stereocenters. The van der Waals surface area contributed by atoms with Gasteiger partial charge in [-0.1, -0.05) is 0 Å². The second kappa shape index (κ2) is 4.98. The van der Waals surface area contributed by atoms with Gasteiger partial charge in [-0.15, -0.1) is 0 Å². The maximum atomic E-state index is 9.48. The Bertz CT molecular complexity index is 37.8. The first kappa shape index (κ1) is 5.98. The summed E-state index contributed by atoms with van der Waals surface area (Å²) in [5.74, 6) is 0.274. The standard InChI is InChI=1S/C3H7O2S/c1-2-5-3-6-4/h2-3H2,1H3/q+1. The van der Waals surface area contributed by atoms with Crippen LogP contribution in [0.2, 0.25) is 0 Å². The van der Waals surface area contributed by atoms with Crippen LogP contribution < -0.4 is 0 Å². The molecule has 0 aliphatic rings. The van der Waals surface area contributed by atoms with E-state index in [0.29, 0.717) is 18.3 Å². The van der Waals surface area contributed by atoms with E-state index in [-0.39, 0.29) is 5.94 Å². The Hall–Kier alpha value is -0.0200. The lowest BCUT2D eigenvalue weighted by atomic mass is 10.9. The van der Waals surface area contributed by atoms with E-state index in [2.05, 4.69) is 4.74 Å². The van der Waals surface area contributed by atoms with Crippen molar-refractivity contribution in [2.75, 3.05) is 12.5 Å². The summed E-state index contributed by atoms with van der Waals surface area (Å²) in [5, 5.41) is 0. The van der Waals surface area contributed by atoms with Gasteiger partial charge >= 0.3 is 17.6 Å². The molecule has 6 heavy (non-hydrogen) atoms. The molecule has 0 spiro atoms. The molecule has 0 radical (unpaired) electrons. The van der Waals surface area contributed by atoms with Crippen LogP contribution in [0.5, 0.6) is 0 Å². The van der Waals surface area contributed by atoms with Crippen molar-refractivity contribution in [3.05, 3.63) is 0 Å². The molecule has 0 fully saturated rings. The highest BCUT2D eigenvalue weighted by molar-refractivity contribution is 7.65. The first-order chi connectivity index (χ1) is 2.91. The Kier molecular flexibility index (Phi) is 4.96. The molecular formula is C3H7O2S+. The fourth-order valence-corrected chi connectivity index (χ4v) is 0.352. The fourth-order valence-electron chi connectivity index (χ4n) is 0.117. The molecule has 0 aliphatic carbocycles. The van der Waals surface area contributed by atoms with E-state index in [1.54, 1.807) is 0 Å². The maximum absolute atomic E-state index is 9.48. The van der Waals surface area contributed by atoms with E-state index in [4.69, 9.17) is 0 Å². The monoisotopic (exact) mass is 107 g/mol. The van der Waals surface area contributed by atoms with Crippen molar-refractivity contribution >= 4 is 11.7 Å². The third-order valence-corrected chi connectivity index (χ3v) is 0.598. The average molecular weight is 107 g/mol. The van der Waals surface area contributed by atoms with Crippen LogP contribution in [0.25, 0.3) is 0 Å². The highest BCUT2D eigenvalue weighted by atomic mass is 32.1. The van der Waals surface area contributed by atoms with Crippen LogP contribution in [0.4, 0.5) is 0 Å². The lowest BCUT2D eigenvalue weighted by Gasteiger charge is -1.76. The van der Waals surface area contributed by atoms with Crippen molar-refractivity contribution in [3.63, 3.8) is 0 Å². The SMILES string of the molecule is CCOC[S+]=O. The molecule has 3 heteroatoms. The predicted octanol–water partition coefficient (Wildman–Crippen LogP) is 0.409. The van der Waals surface area contributed by atoms with E-state index in [1.165, 1.54) is 0 Å². The molecule has 0 saturated heterocycles. The third kappa shape index (κ3) is 3.98. The summed E-state index contributed by atoms with van der Waals surface area (Å²) < 4.78 is 14.1. The average Bonchev–Trinajstić information content (AvgIpc) is 1.61. The molecule has 0 unspecified atom stereocenters. The highest BCUT2D eigenvalue weighted by Crippen LogP contribution is 1.66. The van der Waals surface area contributed by atoms with Crippen LogP contribution in [0.15, 0.2) is 0 Å². The van der Waals surface area contributed by atoms with Gasteiger partial charge in [-0.25, -0.2) is 0 Å². The first-order valence-electron chi connectivity index (χ1n) is 1.74. The second-order valence-electron chi connectivity index (χ2n) is 0.729. The van der Waals surface area contributed by atoms with Crippen molar-refractivity contribution in [1.29, 1.82) is 0 Å². The van der Waals surface area contributed by atoms with Gasteiger partial charge in [0.2, 0.25) is 0 Å². The van der Waals surface area contributed by atoms with Crippen molar-refractivity contribution in [1.82, 2.24) is 0 Å². The van der Waals surface area contributed by atoms with E-state index in [1.807, 2.05) is 6.92 Å². The molecule has 0 aromatic rings. The zero-order chi connectivity index (χ0) is 4.83. The summed E-state index contributed by atoms with van der Waals surface area (Å²) in [7, 11) is 0. The summed E-state index contributed by atoms with van der Waals surface area (Å²) in [6.07, 6.45) is 0. The summed E-state index contributed by atoms with van der Waals surface area (Å²) in [6, 6.07) is 0. The molecule has 0 heterocycles. The van der Waals surface area contributed by atoms with Crippen LogP contribution in [0, 0.1) is 0 Å². The number of hydrogen-bond acceptors (Lipinski definition) is 2. The van der Waals surface area contributed by atoms with Crippen LogP contribution in [0.1, 0.15) is 6.92 Å². The first-order valence-corrected chi connectivity index (χ1v) is 2.65. The fraction of sp³-hybridized carbons (Fsp3) is 1.00. The minimum Gasteiger partial charge on any atom is -0.325 e. The van der Waals surface area contributed by atoms with Gasteiger partial charge in [0.25, 0.3) is 0 Å². The zero-order valence-corrected chi connectivity index (χ0v) is 4.46. The van der Waals surface area contributed by atoms with Crippen LogP contribution in [-0.2, 0) is 20.6 Å². The third-order valence-electron chi connectivity index (χ3n) is 0.336. The smallest absolute Gasteiger partial charge is 0.325 e. The van der Waals surface area contributed by atoms with Gasteiger partial charge in [-0.05, 0) is 6.92 Å². The lowest BCUT2D eigenvalue weighted by molar-refractivity contribution is 0.197. The van der Waals surface area contributed by atoms with E-state index in [9.17, 15) is 4.21 Å². The molecule has 0 bridgehead atoms. The predicted molar refractivity (Wildman–Crippen MR) is 24.5 cm³/mol. The van der Waals surface area contributed by atoms with Crippen LogP contribution in [-0.4, -0.2) is 12.5 Å². The minimum atomic E-state index is 0.274. The lowest BCUT2D eigenvalue weighted by Crippen LogP contribution is -1.88. The van der Waals surface area contributed by atoms with E-state index < -0.39 is 0 Å². The normalized spacial score (nSPS) is 8.17. The van der Waals surface area contributed by atoms with Crippen molar-refractivity contribution in [3.8, 4) is 0 Å². The Balaban J connectivity index is 2.49. The molecular weight excluding hydrogens is 100 g/mol. The number of hydrogen-bond donors (Lipinski definition) is 0. The Morgan fingerprint density at radius 2 is 2.50 bits per heavy atom. The van der Waals surface area contributed by atoms with Crippen LogP contribution >= 0.6 is 0 Å². The minimum absolute atomic E-state index is 0.274. The summed E-state index contributed by atoms with van der Waals surface area (Å²) >= 11 is 0.454. The molecule has 36 valence electrons. The van der Waals surface area contributed by atoms with Crippen molar-refractivity contribution < 1.29 is 8.95 Å². The zero-order valence-electron chi connectivity index (χ0n) is 3.64. The highest BCUT2D eigenvalue weighted by Gasteiger charge is 1.90. The molecule has 0 aromatic heterocycles. The van der Waals surface area contributed by atoms with Gasteiger partial charge < -0.3 is 4.74 Å². The van der Waals surface area contributed by atoms with E-state index >= 15 is 0 Å². The molecule has 0 aromatic carbocycles. The Labute approximate surface area is 41.0 Å². The quantitative estimate of drug-likeness (QED) is 0.296.